The zero-order chi connectivity index (χ0) is 17.5. The number of benzene rings is 2. The molecule has 0 aromatic heterocycles. The standard InChI is InChI=1S/C16H13BrN2O5/c17-12-7-3-4-8-13(12)24-9-14(20)18-19-15(21)10-5-1-2-6-11(10)16(22)23/h1-8H,9H2,(H,18,20)(H,19,21)(H,22,23). The van der Waals surface area contributed by atoms with Crippen LogP contribution in [-0.2, 0) is 4.79 Å². The van der Waals surface area contributed by atoms with Gasteiger partial charge in [-0.3, -0.25) is 20.4 Å². The highest BCUT2D eigenvalue weighted by molar-refractivity contribution is 9.10. The van der Waals surface area contributed by atoms with Gasteiger partial charge >= 0.3 is 5.97 Å². The molecule has 3 N–H and O–H groups in total. The van der Waals surface area contributed by atoms with Crippen molar-refractivity contribution in [3.05, 3.63) is 64.1 Å². The van der Waals surface area contributed by atoms with Crippen LogP contribution in [0.15, 0.2) is 53.0 Å². The molecule has 7 nitrogen and oxygen atoms in total. The molecule has 0 aliphatic rings. The van der Waals surface area contributed by atoms with E-state index < -0.39 is 17.8 Å². The number of carbonyl (C=O) groups excluding carboxylic acids is 2. The van der Waals surface area contributed by atoms with Crippen LogP contribution in [0.5, 0.6) is 5.75 Å². The maximum absolute atomic E-state index is 12.0. The van der Waals surface area contributed by atoms with Crippen LogP contribution in [0.4, 0.5) is 0 Å². The van der Waals surface area contributed by atoms with Crippen molar-refractivity contribution in [3.8, 4) is 5.75 Å². The Bertz CT molecular complexity index is 779. The molecule has 2 amide bonds. The molecule has 2 aromatic carbocycles. The number of nitrogens with one attached hydrogen (secondary N) is 2. The maximum Gasteiger partial charge on any atom is 0.336 e. The molecular weight excluding hydrogens is 380 g/mol. The third-order valence-corrected chi connectivity index (χ3v) is 3.57. The quantitative estimate of drug-likeness (QED) is 0.674. The van der Waals surface area contributed by atoms with Crippen molar-refractivity contribution in [2.45, 2.75) is 0 Å². The minimum atomic E-state index is -1.23. The molecule has 0 heterocycles. The van der Waals surface area contributed by atoms with Crippen molar-refractivity contribution >= 4 is 33.7 Å². The van der Waals surface area contributed by atoms with E-state index in [1.165, 1.54) is 24.3 Å². The summed E-state index contributed by atoms with van der Waals surface area (Å²) < 4.78 is 5.99. The van der Waals surface area contributed by atoms with Crippen molar-refractivity contribution in [1.82, 2.24) is 10.9 Å². The summed E-state index contributed by atoms with van der Waals surface area (Å²) in [5.41, 5.74) is 4.10. The molecule has 124 valence electrons. The van der Waals surface area contributed by atoms with Crippen molar-refractivity contribution in [1.29, 1.82) is 0 Å². The van der Waals surface area contributed by atoms with Gasteiger partial charge in [-0.2, -0.15) is 0 Å². The van der Waals surface area contributed by atoms with Gasteiger partial charge in [-0.05, 0) is 40.2 Å². The molecule has 0 spiro atoms. The van der Waals surface area contributed by atoms with Gasteiger partial charge < -0.3 is 9.84 Å². The lowest BCUT2D eigenvalue weighted by atomic mass is 10.1. The van der Waals surface area contributed by atoms with E-state index in [2.05, 4.69) is 26.8 Å². The highest BCUT2D eigenvalue weighted by Crippen LogP contribution is 2.23. The average Bonchev–Trinajstić information content (AvgIpc) is 2.59. The Kier molecular flexibility index (Phi) is 5.91. The summed E-state index contributed by atoms with van der Waals surface area (Å²) in [6.07, 6.45) is 0. The van der Waals surface area contributed by atoms with Crippen LogP contribution >= 0.6 is 15.9 Å². The summed E-state index contributed by atoms with van der Waals surface area (Å²) in [5, 5.41) is 9.04. The van der Waals surface area contributed by atoms with Gasteiger partial charge in [0.2, 0.25) is 0 Å². The molecule has 8 heteroatoms. The van der Waals surface area contributed by atoms with E-state index in [0.717, 1.165) is 0 Å². The fourth-order valence-corrected chi connectivity index (χ4v) is 2.20. The molecular formula is C16H13BrN2O5. The first-order valence-electron chi connectivity index (χ1n) is 6.78. The van der Waals surface area contributed by atoms with Crippen molar-refractivity contribution in [2.24, 2.45) is 0 Å². The molecule has 0 atom stereocenters. The van der Waals surface area contributed by atoms with E-state index in [9.17, 15) is 14.4 Å². The second-order valence-corrected chi connectivity index (χ2v) is 5.43. The number of carboxylic acids is 1. The van der Waals surface area contributed by atoms with Crippen LogP contribution in [-0.4, -0.2) is 29.5 Å². The number of carboxylic acid groups (broad SMARTS) is 1. The molecule has 0 saturated heterocycles. The summed E-state index contributed by atoms with van der Waals surface area (Å²) >= 11 is 3.28. The van der Waals surface area contributed by atoms with E-state index in [-0.39, 0.29) is 17.7 Å². The first kappa shape index (κ1) is 17.5. The lowest BCUT2D eigenvalue weighted by Crippen LogP contribution is -2.44. The third kappa shape index (κ3) is 4.56. The zero-order valence-electron chi connectivity index (χ0n) is 12.3. The smallest absolute Gasteiger partial charge is 0.336 e. The number of para-hydroxylation sites is 1. The minimum absolute atomic E-state index is 0.0583. The molecule has 2 rings (SSSR count). The van der Waals surface area contributed by atoms with Gasteiger partial charge in [-0.25, -0.2) is 4.79 Å². The molecule has 2 aromatic rings. The van der Waals surface area contributed by atoms with E-state index in [1.807, 2.05) is 0 Å². The summed E-state index contributed by atoms with van der Waals surface area (Å²) in [6.45, 7) is -0.316. The monoisotopic (exact) mass is 392 g/mol. The van der Waals surface area contributed by atoms with Crippen LogP contribution < -0.4 is 15.6 Å². The summed E-state index contributed by atoms with van der Waals surface area (Å²) in [5.74, 6) is -2.08. The molecule has 0 aliphatic carbocycles. The molecule has 24 heavy (non-hydrogen) atoms. The fraction of sp³-hybridized carbons (Fsp3) is 0.0625. The SMILES string of the molecule is O=C(COc1ccccc1Br)NNC(=O)c1ccccc1C(=O)O. The Morgan fingerprint density at radius 1 is 0.958 bits per heavy atom. The maximum atomic E-state index is 12.0. The number of hydrogen-bond donors (Lipinski definition) is 3. The highest BCUT2D eigenvalue weighted by Gasteiger charge is 2.16. The number of ether oxygens (including phenoxy) is 1. The average molecular weight is 393 g/mol. The van der Waals surface area contributed by atoms with Crippen LogP contribution in [0, 0.1) is 0 Å². The number of rotatable bonds is 5. The van der Waals surface area contributed by atoms with Gasteiger partial charge in [-0.15, -0.1) is 0 Å². The van der Waals surface area contributed by atoms with Crippen LogP contribution in [0.25, 0.3) is 0 Å². The lowest BCUT2D eigenvalue weighted by Gasteiger charge is -2.10. The number of halogens is 1. The van der Waals surface area contributed by atoms with E-state index in [0.29, 0.717) is 10.2 Å². The molecule has 0 radical (unpaired) electrons. The van der Waals surface area contributed by atoms with E-state index in [1.54, 1.807) is 24.3 Å². The van der Waals surface area contributed by atoms with Gasteiger partial charge in [0, 0.05) is 0 Å². The number of hydrazine groups is 1. The van der Waals surface area contributed by atoms with Gasteiger partial charge in [0.15, 0.2) is 6.61 Å². The Balaban J connectivity index is 1.89. The van der Waals surface area contributed by atoms with Gasteiger partial charge in [0.05, 0.1) is 15.6 Å². The van der Waals surface area contributed by atoms with E-state index >= 15 is 0 Å². The number of hydrogen-bond acceptors (Lipinski definition) is 4. The second kappa shape index (κ2) is 8.11. The van der Waals surface area contributed by atoms with E-state index in [4.69, 9.17) is 9.84 Å². The molecule has 0 unspecified atom stereocenters. The lowest BCUT2D eigenvalue weighted by molar-refractivity contribution is -0.123. The Hall–Kier alpha value is -2.87. The highest BCUT2D eigenvalue weighted by atomic mass is 79.9. The Labute approximate surface area is 145 Å². The predicted molar refractivity (Wildman–Crippen MR) is 88.6 cm³/mol. The largest absolute Gasteiger partial charge is 0.483 e. The van der Waals surface area contributed by atoms with Crippen LogP contribution in [0.3, 0.4) is 0 Å². The predicted octanol–water partition coefficient (Wildman–Crippen LogP) is 1.99. The molecule has 0 saturated carbocycles. The Morgan fingerprint density at radius 3 is 2.25 bits per heavy atom. The summed E-state index contributed by atoms with van der Waals surface area (Å²) in [7, 11) is 0. The van der Waals surface area contributed by atoms with Crippen LogP contribution in [0.2, 0.25) is 0 Å². The summed E-state index contributed by atoms with van der Waals surface area (Å²) in [4.78, 5) is 34.7. The third-order valence-electron chi connectivity index (χ3n) is 2.91. The normalized spacial score (nSPS) is 9.88. The summed E-state index contributed by atoms with van der Waals surface area (Å²) in [6, 6.07) is 12.7. The van der Waals surface area contributed by atoms with Crippen LogP contribution in [0.1, 0.15) is 20.7 Å². The fourth-order valence-electron chi connectivity index (χ4n) is 1.80. The number of carbonyl (C=O) groups is 3. The zero-order valence-corrected chi connectivity index (χ0v) is 13.9. The van der Waals surface area contributed by atoms with Gasteiger partial charge in [0.25, 0.3) is 11.8 Å². The topological polar surface area (TPSA) is 105 Å². The van der Waals surface area contributed by atoms with Gasteiger partial charge in [-0.1, -0.05) is 24.3 Å². The molecule has 0 aliphatic heterocycles. The van der Waals surface area contributed by atoms with Crippen molar-refractivity contribution in [2.75, 3.05) is 6.61 Å². The number of aromatic carboxylic acids is 1. The van der Waals surface area contributed by atoms with Gasteiger partial charge in [0.1, 0.15) is 5.75 Å². The molecule has 0 bridgehead atoms. The minimum Gasteiger partial charge on any atom is -0.483 e. The second-order valence-electron chi connectivity index (χ2n) is 4.57. The number of amides is 2. The van der Waals surface area contributed by atoms with Crippen molar-refractivity contribution < 1.29 is 24.2 Å². The first-order chi connectivity index (χ1) is 11.5. The first-order valence-corrected chi connectivity index (χ1v) is 7.57. The molecule has 0 fully saturated rings. The van der Waals surface area contributed by atoms with Crippen molar-refractivity contribution in [3.63, 3.8) is 0 Å². The Morgan fingerprint density at radius 2 is 1.58 bits per heavy atom.